The van der Waals surface area contributed by atoms with Crippen LogP contribution in [0.1, 0.15) is 106 Å². The van der Waals surface area contributed by atoms with Crippen molar-refractivity contribution in [1.82, 2.24) is 34.9 Å². The van der Waals surface area contributed by atoms with Gasteiger partial charge in [-0.05, 0) is 117 Å². The van der Waals surface area contributed by atoms with Crippen molar-refractivity contribution in [1.29, 1.82) is 0 Å². The molecule has 4 amide bonds. The number of piperidine rings is 1. The fourth-order valence-corrected chi connectivity index (χ4v) is 13.5. The van der Waals surface area contributed by atoms with Gasteiger partial charge in [-0.25, -0.2) is 9.18 Å². The largest absolute Gasteiger partial charge is 0.480 e. The Labute approximate surface area is 409 Å². The van der Waals surface area contributed by atoms with Gasteiger partial charge in [0.05, 0.1) is 22.1 Å². The van der Waals surface area contributed by atoms with Crippen LogP contribution in [0.2, 0.25) is 10.0 Å². The van der Waals surface area contributed by atoms with Crippen LogP contribution in [0.5, 0.6) is 0 Å². The fourth-order valence-electron chi connectivity index (χ4n) is 13.2. The van der Waals surface area contributed by atoms with Gasteiger partial charge in [0, 0.05) is 67.9 Å². The molecule has 4 aromatic rings. The van der Waals surface area contributed by atoms with Crippen LogP contribution in [0.25, 0.3) is 11.0 Å². The maximum atomic E-state index is 16.4. The molecule has 5 fully saturated rings. The van der Waals surface area contributed by atoms with Crippen LogP contribution in [0.4, 0.5) is 10.1 Å². The number of anilines is 1. The number of hydrogen-bond acceptors (Lipinski definition) is 9. The SMILES string of the molecule is Cn1c(=O)n(C2CCC(=O)NC2=O)c2ccc(CCCN3CCN(CC4CCC(NC(=O)[C@@H]5NC6(CCCCC6)[C@@]6(C(=O)Nc7cc(Cl)ccc76)[C@H]5c5cccc(Cl)c5F)CC4)C[C@H]3C(=O)O)cc21. The van der Waals surface area contributed by atoms with Gasteiger partial charge in [-0.2, -0.15) is 0 Å². The number of halogens is 3. The van der Waals surface area contributed by atoms with E-state index >= 15 is 4.39 Å². The standard InChI is InChI=1S/C51H59Cl2FN8O7/c1-59-39-25-29(12-17-37(39)62(49(59)69)38-18-19-41(63)57-45(38)64)7-6-22-61-24-23-60(28-40(61)47(66)67)27-30-10-14-32(15-11-30)55-46(65)44-42(33-8-5-9-35(53)43(33)54)51(50(58-44)20-3-2-4-21-50)34-16-13-31(52)26-36(34)56-48(51)68/h5,8-9,12-13,16-17,25-26,30,32,38,40,42,44,58H,2-4,6-7,10-11,14-15,18-24,27-28H2,1H3,(H,55,65)(H,56,68)(H,66,67)(H,57,63,64)/t30?,32?,38?,40-,42-,44+,51+/m0/s1. The number of nitrogens with one attached hydrogen (secondary N) is 4. The van der Waals surface area contributed by atoms with E-state index in [2.05, 4.69) is 26.2 Å². The summed E-state index contributed by atoms with van der Waals surface area (Å²) in [5.74, 6) is -3.42. The minimum absolute atomic E-state index is 0.0704. The number of carbonyl (C=O) groups is 5. The highest BCUT2D eigenvalue weighted by atomic mass is 35.5. The number of carboxylic acids is 1. The van der Waals surface area contributed by atoms with E-state index in [-0.39, 0.29) is 52.9 Å². The maximum absolute atomic E-state index is 16.4. The quantitative estimate of drug-likeness (QED) is 0.115. The third-order valence-corrected chi connectivity index (χ3v) is 17.0. The number of aromatic nitrogens is 2. The Kier molecular flexibility index (Phi) is 13.0. The summed E-state index contributed by atoms with van der Waals surface area (Å²) in [5.41, 5.74) is 1.39. The highest BCUT2D eigenvalue weighted by molar-refractivity contribution is 6.31. The van der Waals surface area contributed by atoms with Crippen molar-refractivity contribution in [2.45, 2.75) is 125 Å². The molecule has 5 heterocycles. The molecular weight excluding hydrogens is 927 g/mol. The van der Waals surface area contributed by atoms with E-state index in [0.717, 1.165) is 70.0 Å². The molecule has 5 atom stereocenters. The average Bonchev–Trinajstić information content (AvgIpc) is 3.88. The summed E-state index contributed by atoms with van der Waals surface area (Å²) in [4.78, 5) is 84.1. The third kappa shape index (κ3) is 8.37. The third-order valence-electron chi connectivity index (χ3n) is 16.5. The molecule has 15 nitrogen and oxygen atoms in total. The van der Waals surface area contributed by atoms with E-state index in [0.29, 0.717) is 72.1 Å². The first-order valence-electron chi connectivity index (χ1n) is 24.6. The zero-order chi connectivity index (χ0) is 48.4. The highest BCUT2D eigenvalue weighted by Gasteiger charge is 2.72. The topological polar surface area (TPSA) is 187 Å². The number of hydrogen-bond donors (Lipinski definition) is 5. The van der Waals surface area contributed by atoms with Crippen molar-refractivity contribution in [2.24, 2.45) is 13.0 Å². The van der Waals surface area contributed by atoms with Gasteiger partial charge in [0.2, 0.25) is 23.6 Å². The Balaban J connectivity index is 0.765. The second-order valence-corrected chi connectivity index (χ2v) is 21.2. The zero-order valence-corrected chi connectivity index (χ0v) is 40.2. The lowest BCUT2D eigenvalue weighted by atomic mass is 9.55. The molecule has 1 aromatic heterocycles. The lowest BCUT2D eigenvalue weighted by molar-refractivity contribution is -0.146. The summed E-state index contributed by atoms with van der Waals surface area (Å²) in [7, 11) is 1.67. The van der Waals surface area contributed by atoms with Crippen LogP contribution in [0.15, 0.2) is 59.4 Å². The summed E-state index contributed by atoms with van der Waals surface area (Å²) < 4.78 is 19.4. The van der Waals surface area contributed by atoms with Crippen molar-refractivity contribution in [3.05, 3.63) is 97.6 Å². The average molecular weight is 986 g/mol. The number of aliphatic carboxylic acids is 1. The van der Waals surface area contributed by atoms with Crippen molar-refractivity contribution in [2.75, 3.05) is 38.0 Å². The van der Waals surface area contributed by atoms with Gasteiger partial charge >= 0.3 is 11.7 Å². The molecule has 18 heteroatoms. The van der Waals surface area contributed by atoms with E-state index < -0.39 is 52.7 Å². The molecule has 6 aliphatic rings. The molecule has 69 heavy (non-hydrogen) atoms. The van der Waals surface area contributed by atoms with Crippen molar-refractivity contribution >= 4 is 69.5 Å². The Morgan fingerprint density at radius 3 is 2.45 bits per heavy atom. The number of carboxylic acid groups (broad SMARTS) is 1. The summed E-state index contributed by atoms with van der Waals surface area (Å²) in [6, 6.07) is 13.4. The number of imide groups is 1. The first-order valence-corrected chi connectivity index (χ1v) is 25.3. The lowest BCUT2D eigenvalue weighted by Crippen LogP contribution is -2.60. The summed E-state index contributed by atoms with van der Waals surface area (Å²) >= 11 is 12.9. The van der Waals surface area contributed by atoms with E-state index in [4.69, 9.17) is 23.2 Å². The van der Waals surface area contributed by atoms with Crippen LogP contribution < -0.4 is 27.0 Å². The lowest BCUT2D eigenvalue weighted by Gasteiger charge is -2.47. The van der Waals surface area contributed by atoms with Crippen LogP contribution >= 0.6 is 23.2 Å². The molecule has 0 radical (unpaired) electrons. The molecule has 2 aliphatic carbocycles. The van der Waals surface area contributed by atoms with Crippen molar-refractivity contribution < 1.29 is 33.5 Å². The molecule has 3 aromatic carbocycles. The molecule has 5 N–H and O–H groups in total. The highest BCUT2D eigenvalue weighted by Crippen LogP contribution is 2.63. The number of benzene rings is 3. The smallest absolute Gasteiger partial charge is 0.329 e. The fraction of sp³-hybridized carbons (Fsp3) is 0.529. The molecule has 0 bridgehead atoms. The maximum Gasteiger partial charge on any atom is 0.329 e. The normalized spacial score (nSPS) is 28.3. The molecule has 2 spiro atoms. The monoisotopic (exact) mass is 984 g/mol. The van der Waals surface area contributed by atoms with Gasteiger partial charge in [-0.15, -0.1) is 0 Å². The van der Waals surface area contributed by atoms with E-state index in [1.165, 1.54) is 15.2 Å². The van der Waals surface area contributed by atoms with Crippen molar-refractivity contribution in [3.63, 3.8) is 0 Å². The van der Waals surface area contributed by atoms with E-state index in [1.807, 2.05) is 29.2 Å². The van der Waals surface area contributed by atoms with Gasteiger partial charge in [0.15, 0.2) is 0 Å². The molecule has 2 saturated carbocycles. The Bertz CT molecular complexity index is 2780. The van der Waals surface area contributed by atoms with E-state index in [9.17, 15) is 33.9 Å². The van der Waals surface area contributed by atoms with Crippen LogP contribution in [0, 0.1) is 11.7 Å². The number of nitrogens with zero attached hydrogens (tertiary/aromatic N) is 4. The molecular formula is C51H59Cl2FN8O7. The van der Waals surface area contributed by atoms with Gasteiger partial charge in [-0.1, -0.05) is 66.7 Å². The molecule has 3 saturated heterocycles. The number of fused-ring (bicyclic) bond motifs is 4. The number of rotatable bonds is 11. The number of carbonyl (C=O) groups excluding carboxylic acids is 4. The van der Waals surface area contributed by atoms with Gasteiger partial charge < -0.3 is 15.7 Å². The summed E-state index contributed by atoms with van der Waals surface area (Å²) in [6.07, 6.45) is 8.99. The Morgan fingerprint density at radius 1 is 0.913 bits per heavy atom. The second-order valence-electron chi connectivity index (χ2n) is 20.3. The molecule has 1 unspecified atom stereocenters. The van der Waals surface area contributed by atoms with Crippen LogP contribution in [0.3, 0.4) is 0 Å². The number of aryl methyl sites for hydroxylation is 2. The van der Waals surface area contributed by atoms with E-state index in [1.54, 1.807) is 31.3 Å². The minimum atomic E-state index is -1.30. The Morgan fingerprint density at radius 2 is 1.70 bits per heavy atom. The van der Waals surface area contributed by atoms with Gasteiger partial charge in [-0.3, -0.25) is 53.5 Å². The summed E-state index contributed by atoms with van der Waals surface area (Å²) in [5, 5.41) is 23.3. The summed E-state index contributed by atoms with van der Waals surface area (Å²) in [6.45, 7) is 3.13. The molecule has 10 rings (SSSR count). The number of imidazole rings is 1. The first-order chi connectivity index (χ1) is 33.2. The Hall–Kier alpha value is -5.13. The van der Waals surface area contributed by atoms with Crippen LogP contribution in [-0.4, -0.2) is 110 Å². The first kappa shape index (κ1) is 47.5. The van der Waals surface area contributed by atoms with Gasteiger partial charge in [0.1, 0.15) is 23.3 Å². The molecule has 366 valence electrons. The predicted octanol–water partition coefficient (Wildman–Crippen LogP) is 5.79. The second kappa shape index (κ2) is 18.9. The zero-order valence-electron chi connectivity index (χ0n) is 38.7. The van der Waals surface area contributed by atoms with Crippen LogP contribution in [-0.2, 0) is 42.9 Å². The van der Waals surface area contributed by atoms with Crippen molar-refractivity contribution in [3.8, 4) is 0 Å². The molecule has 4 aliphatic heterocycles. The number of piperazine rings is 1. The predicted molar refractivity (Wildman–Crippen MR) is 259 cm³/mol. The van der Waals surface area contributed by atoms with Gasteiger partial charge in [0.25, 0.3) is 0 Å². The minimum Gasteiger partial charge on any atom is -0.480 e. The number of amides is 4.